The lowest BCUT2D eigenvalue weighted by Gasteiger charge is -2.23. The summed E-state index contributed by atoms with van der Waals surface area (Å²) in [7, 11) is 1.36. The third-order valence-electron chi connectivity index (χ3n) is 4.58. The van der Waals surface area contributed by atoms with Crippen LogP contribution >= 0.6 is 11.3 Å². The monoisotopic (exact) mass is 390 g/mol. The minimum Gasteiger partial charge on any atom is -0.465 e. The fraction of sp³-hybridized carbons (Fsp3) is 0.600. The lowest BCUT2D eigenvalue weighted by atomic mass is 9.98. The summed E-state index contributed by atoms with van der Waals surface area (Å²) in [6.07, 6.45) is 1.59. The smallest absolute Gasteiger partial charge is 0.350 e. The van der Waals surface area contributed by atoms with Crippen molar-refractivity contribution < 1.29 is 19.1 Å². The van der Waals surface area contributed by atoms with Gasteiger partial charge in [0, 0.05) is 18.6 Å². The average Bonchev–Trinajstić information content (AvgIpc) is 3.33. The van der Waals surface area contributed by atoms with E-state index in [1.807, 2.05) is 31.7 Å². The van der Waals surface area contributed by atoms with Gasteiger partial charge in [-0.2, -0.15) is 0 Å². The molecule has 146 valence electrons. The predicted octanol–water partition coefficient (Wildman–Crippen LogP) is 2.73. The van der Waals surface area contributed by atoms with E-state index in [0.29, 0.717) is 36.7 Å². The maximum atomic E-state index is 12.8. The lowest BCUT2D eigenvalue weighted by Crippen LogP contribution is -2.40. The molecular formula is C20H26N2O4S. The van der Waals surface area contributed by atoms with Crippen molar-refractivity contribution in [1.82, 2.24) is 4.90 Å². The standard InChI is InChI=1S/C20H26N2O4S/c1-20(2,3)8-5-14-11-16(17(27-14)19(24)25-4)21-15-6-9-22(18(15)23)13-7-10-26-12-13/h11,13,15,21H,6-7,9-10,12H2,1-4H3. The van der Waals surface area contributed by atoms with E-state index in [9.17, 15) is 9.59 Å². The number of ether oxygens (including phenoxy) is 2. The number of methoxy groups -OCH3 is 1. The molecule has 2 atom stereocenters. The van der Waals surface area contributed by atoms with E-state index in [-0.39, 0.29) is 23.4 Å². The van der Waals surface area contributed by atoms with E-state index in [4.69, 9.17) is 9.47 Å². The van der Waals surface area contributed by atoms with Gasteiger partial charge in [-0.25, -0.2) is 4.79 Å². The molecule has 1 amide bonds. The topological polar surface area (TPSA) is 67.9 Å². The van der Waals surface area contributed by atoms with E-state index < -0.39 is 5.97 Å². The van der Waals surface area contributed by atoms with Crippen LogP contribution in [-0.2, 0) is 14.3 Å². The second-order valence-corrected chi connectivity index (χ2v) is 8.93. The van der Waals surface area contributed by atoms with Gasteiger partial charge in [-0.05, 0) is 39.7 Å². The summed E-state index contributed by atoms with van der Waals surface area (Å²) in [5.41, 5.74) is 0.488. The van der Waals surface area contributed by atoms with Gasteiger partial charge in [-0.15, -0.1) is 11.3 Å². The minimum absolute atomic E-state index is 0.0647. The number of nitrogens with zero attached hydrogens (tertiary/aromatic N) is 1. The second-order valence-electron chi connectivity index (χ2n) is 7.88. The summed E-state index contributed by atoms with van der Waals surface area (Å²) in [4.78, 5) is 28.1. The Labute approximate surface area is 164 Å². The molecule has 0 aromatic carbocycles. The van der Waals surface area contributed by atoms with E-state index in [2.05, 4.69) is 17.2 Å². The van der Waals surface area contributed by atoms with Crippen molar-refractivity contribution in [2.75, 3.05) is 32.2 Å². The Kier molecular flexibility index (Phi) is 5.78. The van der Waals surface area contributed by atoms with Crippen LogP contribution in [0.4, 0.5) is 5.69 Å². The molecule has 3 heterocycles. The first-order valence-corrected chi connectivity index (χ1v) is 10.0. The van der Waals surface area contributed by atoms with Crippen molar-refractivity contribution >= 4 is 28.9 Å². The van der Waals surface area contributed by atoms with E-state index in [1.54, 1.807) is 0 Å². The average molecular weight is 391 g/mol. The number of hydrogen-bond acceptors (Lipinski definition) is 6. The number of carbonyl (C=O) groups is 2. The van der Waals surface area contributed by atoms with E-state index in [0.717, 1.165) is 11.3 Å². The number of amides is 1. The molecule has 0 saturated carbocycles. The zero-order valence-corrected chi connectivity index (χ0v) is 17.1. The molecule has 2 aliphatic heterocycles. The molecule has 6 nitrogen and oxygen atoms in total. The van der Waals surface area contributed by atoms with Crippen LogP contribution < -0.4 is 5.32 Å². The van der Waals surface area contributed by atoms with Crippen molar-refractivity contribution in [1.29, 1.82) is 0 Å². The number of nitrogens with one attached hydrogen (secondary N) is 1. The Morgan fingerprint density at radius 2 is 2.19 bits per heavy atom. The third kappa shape index (κ3) is 4.63. The molecule has 2 saturated heterocycles. The summed E-state index contributed by atoms with van der Waals surface area (Å²) in [5, 5.41) is 3.26. The molecule has 0 bridgehead atoms. The van der Waals surface area contributed by atoms with Gasteiger partial charge in [0.25, 0.3) is 0 Å². The van der Waals surface area contributed by atoms with Gasteiger partial charge in [0.1, 0.15) is 10.9 Å². The highest BCUT2D eigenvalue weighted by Gasteiger charge is 2.38. The fourth-order valence-electron chi connectivity index (χ4n) is 3.21. The Morgan fingerprint density at radius 3 is 2.81 bits per heavy atom. The fourth-order valence-corrected chi connectivity index (χ4v) is 4.10. The molecule has 2 unspecified atom stereocenters. The molecule has 1 aromatic rings. The van der Waals surface area contributed by atoms with E-state index in [1.165, 1.54) is 18.4 Å². The molecular weight excluding hydrogens is 364 g/mol. The van der Waals surface area contributed by atoms with Gasteiger partial charge in [-0.3, -0.25) is 4.79 Å². The van der Waals surface area contributed by atoms with Crippen LogP contribution in [0.15, 0.2) is 6.07 Å². The summed E-state index contributed by atoms with van der Waals surface area (Å²) < 4.78 is 10.3. The highest BCUT2D eigenvalue weighted by molar-refractivity contribution is 7.15. The number of rotatable bonds is 4. The maximum absolute atomic E-state index is 12.8. The highest BCUT2D eigenvalue weighted by atomic mass is 32.1. The zero-order chi connectivity index (χ0) is 19.6. The highest BCUT2D eigenvalue weighted by Crippen LogP contribution is 2.31. The molecule has 7 heteroatoms. The van der Waals surface area contributed by atoms with Crippen molar-refractivity contribution in [3.8, 4) is 11.8 Å². The number of carbonyl (C=O) groups excluding carboxylic acids is 2. The number of likely N-dealkylation sites (tertiary alicyclic amines) is 1. The number of hydrogen-bond donors (Lipinski definition) is 1. The molecule has 2 fully saturated rings. The zero-order valence-electron chi connectivity index (χ0n) is 16.3. The number of esters is 1. The Bertz CT molecular complexity index is 778. The van der Waals surface area contributed by atoms with Gasteiger partial charge in [0.05, 0.1) is 30.3 Å². The maximum Gasteiger partial charge on any atom is 0.350 e. The Hall–Kier alpha value is -2.04. The molecule has 0 radical (unpaired) electrons. The summed E-state index contributed by atoms with van der Waals surface area (Å²) in [5.74, 6) is 5.94. The van der Waals surface area contributed by atoms with E-state index >= 15 is 0 Å². The van der Waals surface area contributed by atoms with Crippen LogP contribution in [0.2, 0.25) is 0 Å². The normalized spacial score (nSPS) is 22.5. The molecule has 0 spiro atoms. The van der Waals surface area contributed by atoms with Crippen molar-refractivity contribution in [3.63, 3.8) is 0 Å². The third-order valence-corrected chi connectivity index (χ3v) is 5.61. The van der Waals surface area contributed by atoms with Crippen molar-refractivity contribution in [2.24, 2.45) is 5.41 Å². The molecule has 2 aliphatic rings. The quantitative estimate of drug-likeness (QED) is 0.632. The van der Waals surface area contributed by atoms with Crippen molar-refractivity contribution in [2.45, 2.75) is 45.7 Å². The van der Waals surface area contributed by atoms with Gasteiger partial charge in [0.2, 0.25) is 5.91 Å². The van der Waals surface area contributed by atoms with Gasteiger partial charge in [-0.1, -0.05) is 11.8 Å². The summed E-state index contributed by atoms with van der Waals surface area (Å²) in [6.45, 7) is 8.13. The Morgan fingerprint density at radius 1 is 1.41 bits per heavy atom. The molecule has 27 heavy (non-hydrogen) atoms. The van der Waals surface area contributed by atoms with Crippen LogP contribution in [0.1, 0.15) is 48.2 Å². The van der Waals surface area contributed by atoms with Crippen molar-refractivity contribution in [3.05, 3.63) is 15.8 Å². The first-order chi connectivity index (χ1) is 12.8. The summed E-state index contributed by atoms with van der Waals surface area (Å²) in [6, 6.07) is 1.66. The van der Waals surface area contributed by atoms with Gasteiger partial charge < -0.3 is 19.7 Å². The first-order valence-electron chi connectivity index (χ1n) is 9.18. The van der Waals surface area contributed by atoms with Crippen LogP contribution in [0.25, 0.3) is 0 Å². The molecule has 1 N–H and O–H groups in total. The predicted molar refractivity (Wildman–Crippen MR) is 105 cm³/mol. The van der Waals surface area contributed by atoms with Crippen LogP contribution in [0.3, 0.4) is 0 Å². The summed E-state index contributed by atoms with van der Waals surface area (Å²) >= 11 is 1.29. The number of anilines is 1. The van der Waals surface area contributed by atoms with Crippen LogP contribution in [0, 0.1) is 17.3 Å². The van der Waals surface area contributed by atoms with Crippen LogP contribution in [0.5, 0.6) is 0 Å². The number of thiophene rings is 1. The molecule has 3 rings (SSSR count). The molecule has 1 aromatic heterocycles. The SMILES string of the molecule is COC(=O)c1sc(C#CC(C)(C)C)cc1NC1CCN(C2CCOC2)C1=O. The largest absolute Gasteiger partial charge is 0.465 e. The van der Waals surface area contributed by atoms with Gasteiger partial charge >= 0.3 is 5.97 Å². The second kappa shape index (κ2) is 7.91. The van der Waals surface area contributed by atoms with Gasteiger partial charge in [0.15, 0.2) is 0 Å². The molecule has 0 aliphatic carbocycles. The first kappa shape index (κ1) is 19.7. The minimum atomic E-state index is -0.419. The lowest BCUT2D eigenvalue weighted by molar-refractivity contribution is -0.130. The van der Waals surface area contributed by atoms with Crippen LogP contribution in [-0.4, -0.2) is 55.7 Å². The Balaban J connectivity index is 1.78.